The maximum absolute atomic E-state index is 11.9. The molecule has 2 aromatic rings. The van der Waals surface area contributed by atoms with Crippen LogP contribution in [0, 0.1) is 13.8 Å². The van der Waals surface area contributed by atoms with Gasteiger partial charge in [0.15, 0.2) is 0 Å². The first-order chi connectivity index (χ1) is 8.56. The van der Waals surface area contributed by atoms with Crippen LogP contribution in [0.3, 0.4) is 0 Å². The first kappa shape index (κ1) is 12.6. The van der Waals surface area contributed by atoms with Crippen molar-refractivity contribution in [2.75, 3.05) is 0 Å². The largest absolute Gasteiger partial charge is 0.508 e. The number of hydrogen-bond donors (Lipinski definition) is 2. The van der Waals surface area contributed by atoms with Crippen molar-refractivity contribution in [3.63, 3.8) is 0 Å². The predicted octanol–water partition coefficient (Wildman–Crippen LogP) is 2.40. The highest BCUT2D eigenvalue weighted by molar-refractivity contribution is 7.09. The summed E-state index contributed by atoms with van der Waals surface area (Å²) >= 11 is 1.56. The Bertz CT molecular complexity index is 578. The van der Waals surface area contributed by atoms with Crippen LogP contribution in [-0.2, 0) is 6.54 Å². The summed E-state index contributed by atoms with van der Waals surface area (Å²) < 4.78 is 0. The van der Waals surface area contributed by atoms with E-state index < -0.39 is 0 Å². The van der Waals surface area contributed by atoms with Crippen molar-refractivity contribution in [3.8, 4) is 5.75 Å². The summed E-state index contributed by atoms with van der Waals surface area (Å²) in [7, 11) is 0. The number of nitrogens with one attached hydrogen (secondary N) is 1. The number of phenolic OH excluding ortho intramolecular Hbond substituents is 1. The number of nitrogens with zero attached hydrogens (tertiary/aromatic N) is 1. The summed E-state index contributed by atoms with van der Waals surface area (Å²) in [6.07, 6.45) is 0. The van der Waals surface area contributed by atoms with Crippen LogP contribution >= 0.6 is 11.3 Å². The van der Waals surface area contributed by atoms with Crippen LogP contribution in [-0.4, -0.2) is 16.0 Å². The number of phenols is 1. The molecule has 0 saturated carbocycles. The molecule has 1 aromatic heterocycles. The molecule has 0 radical (unpaired) electrons. The molecule has 1 aromatic carbocycles. The van der Waals surface area contributed by atoms with E-state index in [0.29, 0.717) is 12.1 Å². The fourth-order valence-electron chi connectivity index (χ4n) is 1.66. The van der Waals surface area contributed by atoms with Gasteiger partial charge in [-0.3, -0.25) is 4.79 Å². The number of rotatable bonds is 3. The monoisotopic (exact) mass is 262 g/mol. The first-order valence-electron chi connectivity index (χ1n) is 5.55. The van der Waals surface area contributed by atoms with Crippen LogP contribution in [0.15, 0.2) is 23.6 Å². The molecule has 5 heteroatoms. The maximum atomic E-state index is 11.9. The zero-order chi connectivity index (χ0) is 13.1. The van der Waals surface area contributed by atoms with Crippen LogP contribution in [0.5, 0.6) is 5.75 Å². The molecular formula is C13H14N2O2S. The smallest absolute Gasteiger partial charge is 0.251 e. The fourth-order valence-corrected chi connectivity index (χ4v) is 2.27. The van der Waals surface area contributed by atoms with Gasteiger partial charge in [-0.1, -0.05) is 0 Å². The molecule has 2 rings (SSSR count). The van der Waals surface area contributed by atoms with Gasteiger partial charge in [-0.15, -0.1) is 11.3 Å². The summed E-state index contributed by atoms with van der Waals surface area (Å²) in [5, 5.41) is 15.0. The molecule has 0 saturated heterocycles. The van der Waals surface area contributed by atoms with E-state index in [1.165, 1.54) is 6.07 Å². The average Bonchev–Trinajstić information content (AvgIpc) is 2.72. The van der Waals surface area contributed by atoms with Crippen molar-refractivity contribution in [2.45, 2.75) is 20.4 Å². The van der Waals surface area contributed by atoms with Crippen molar-refractivity contribution in [1.82, 2.24) is 10.3 Å². The second-order valence-electron chi connectivity index (χ2n) is 4.04. The van der Waals surface area contributed by atoms with E-state index in [-0.39, 0.29) is 11.7 Å². The zero-order valence-corrected chi connectivity index (χ0v) is 11.0. The number of hydrogen-bond acceptors (Lipinski definition) is 4. The Balaban J connectivity index is 2.03. The van der Waals surface area contributed by atoms with E-state index in [0.717, 1.165) is 16.3 Å². The molecule has 2 N–H and O–H groups in total. The van der Waals surface area contributed by atoms with Gasteiger partial charge in [-0.05, 0) is 37.6 Å². The lowest BCUT2D eigenvalue weighted by Crippen LogP contribution is -2.23. The van der Waals surface area contributed by atoms with Crippen molar-refractivity contribution < 1.29 is 9.90 Å². The Hall–Kier alpha value is -1.88. The van der Waals surface area contributed by atoms with E-state index in [2.05, 4.69) is 10.3 Å². The standard InChI is InChI=1S/C13H14N2O2S/c1-8-5-11(16)3-4-12(8)13(17)14-6-10-7-18-9(2)15-10/h3-5,7,16H,6H2,1-2H3,(H,14,17). The predicted molar refractivity (Wildman–Crippen MR) is 70.9 cm³/mol. The van der Waals surface area contributed by atoms with Gasteiger partial charge in [0, 0.05) is 10.9 Å². The normalized spacial score (nSPS) is 10.3. The third kappa shape index (κ3) is 2.87. The molecule has 0 bridgehead atoms. The average molecular weight is 262 g/mol. The minimum Gasteiger partial charge on any atom is -0.508 e. The third-order valence-corrected chi connectivity index (χ3v) is 3.37. The molecule has 0 aliphatic rings. The lowest BCUT2D eigenvalue weighted by Gasteiger charge is -2.06. The van der Waals surface area contributed by atoms with Crippen LogP contribution in [0.2, 0.25) is 0 Å². The van der Waals surface area contributed by atoms with E-state index in [1.54, 1.807) is 30.4 Å². The molecule has 18 heavy (non-hydrogen) atoms. The first-order valence-corrected chi connectivity index (χ1v) is 6.43. The lowest BCUT2D eigenvalue weighted by atomic mass is 10.1. The molecule has 0 aliphatic heterocycles. The number of aromatic nitrogens is 1. The van der Waals surface area contributed by atoms with Gasteiger partial charge in [0.05, 0.1) is 17.2 Å². The number of aromatic hydroxyl groups is 1. The number of carbonyl (C=O) groups is 1. The van der Waals surface area contributed by atoms with Gasteiger partial charge in [-0.2, -0.15) is 0 Å². The Kier molecular flexibility index (Phi) is 3.62. The van der Waals surface area contributed by atoms with Gasteiger partial charge < -0.3 is 10.4 Å². The summed E-state index contributed by atoms with van der Waals surface area (Å²) in [6.45, 7) is 4.14. The molecule has 4 nitrogen and oxygen atoms in total. The number of benzene rings is 1. The molecule has 0 fully saturated rings. The molecule has 0 aliphatic carbocycles. The number of thiazole rings is 1. The molecule has 0 unspecified atom stereocenters. The van der Waals surface area contributed by atoms with Gasteiger partial charge in [0.1, 0.15) is 5.75 Å². The Morgan fingerprint density at radius 1 is 1.44 bits per heavy atom. The fraction of sp³-hybridized carbons (Fsp3) is 0.231. The van der Waals surface area contributed by atoms with Gasteiger partial charge in [-0.25, -0.2) is 4.98 Å². The SMILES string of the molecule is Cc1nc(CNC(=O)c2ccc(O)cc2C)cs1. The summed E-state index contributed by atoms with van der Waals surface area (Å²) in [4.78, 5) is 16.2. The summed E-state index contributed by atoms with van der Waals surface area (Å²) in [5.74, 6) is 0.0114. The summed E-state index contributed by atoms with van der Waals surface area (Å²) in [5.41, 5.74) is 2.18. The van der Waals surface area contributed by atoms with Crippen molar-refractivity contribution in [3.05, 3.63) is 45.4 Å². The second-order valence-corrected chi connectivity index (χ2v) is 5.10. The quantitative estimate of drug-likeness (QED) is 0.892. The number of amides is 1. The minimum atomic E-state index is -0.154. The topological polar surface area (TPSA) is 62.2 Å². The Labute approximate surface area is 109 Å². The van der Waals surface area contributed by atoms with E-state index >= 15 is 0 Å². The zero-order valence-electron chi connectivity index (χ0n) is 10.2. The number of aryl methyl sites for hydroxylation is 2. The molecule has 0 atom stereocenters. The maximum Gasteiger partial charge on any atom is 0.251 e. The van der Waals surface area contributed by atoms with Crippen LogP contribution in [0.1, 0.15) is 26.6 Å². The van der Waals surface area contributed by atoms with E-state index in [9.17, 15) is 9.90 Å². The second kappa shape index (κ2) is 5.18. The van der Waals surface area contributed by atoms with Crippen molar-refractivity contribution in [2.24, 2.45) is 0 Å². The molecular weight excluding hydrogens is 248 g/mol. The molecule has 94 valence electrons. The minimum absolute atomic E-state index is 0.154. The van der Waals surface area contributed by atoms with Crippen LogP contribution in [0.25, 0.3) is 0 Å². The lowest BCUT2D eigenvalue weighted by molar-refractivity contribution is 0.0950. The summed E-state index contributed by atoms with van der Waals surface area (Å²) in [6, 6.07) is 4.70. The molecule has 1 amide bonds. The van der Waals surface area contributed by atoms with Crippen molar-refractivity contribution in [1.29, 1.82) is 0 Å². The van der Waals surface area contributed by atoms with Gasteiger partial charge in [0.2, 0.25) is 0 Å². The third-order valence-electron chi connectivity index (χ3n) is 2.55. The van der Waals surface area contributed by atoms with Crippen molar-refractivity contribution >= 4 is 17.2 Å². The Morgan fingerprint density at radius 3 is 2.83 bits per heavy atom. The molecule has 0 spiro atoms. The highest BCUT2D eigenvalue weighted by atomic mass is 32.1. The van der Waals surface area contributed by atoms with E-state index in [4.69, 9.17) is 0 Å². The van der Waals surface area contributed by atoms with E-state index in [1.807, 2.05) is 12.3 Å². The molecule has 1 heterocycles. The van der Waals surface area contributed by atoms with Gasteiger partial charge >= 0.3 is 0 Å². The van der Waals surface area contributed by atoms with Gasteiger partial charge in [0.25, 0.3) is 5.91 Å². The number of carbonyl (C=O) groups excluding carboxylic acids is 1. The Morgan fingerprint density at radius 2 is 2.22 bits per heavy atom. The van der Waals surface area contributed by atoms with Crippen LogP contribution in [0.4, 0.5) is 0 Å². The van der Waals surface area contributed by atoms with Crippen LogP contribution < -0.4 is 5.32 Å². The highest BCUT2D eigenvalue weighted by Crippen LogP contribution is 2.15. The highest BCUT2D eigenvalue weighted by Gasteiger charge is 2.09.